The second kappa shape index (κ2) is 4.92. The zero-order valence-corrected chi connectivity index (χ0v) is 11.6. The predicted octanol–water partition coefficient (Wildman–Crippen LogP) is 5.26. The van der Waals surface area contributed by atoms with E-state index in [2.05, 4.69) is 22.5 Å². The van der Waals surface area contributed by atoms with Crippen LogP contribution in [0.15, 0.2) is 39.6 Å². The van der Waals surface area contributed by atoms with Gasteiger partial charge in [0.25, 0.3) is 0 Å². The van der Waals surface area contributed by atoms with Gasteiger partial charge in [-0.3, -0.25) is 0 Å². The van der Waals surface area contributed by atoms with Crippen molar-refractivity contribution in [1.29, 1.82) is 0 Å². The fourth-order valence-electron chi connectivity index (χ4n) is 1.66. The highest BCUT2D eigenvalue weighted by Gasteiger charge is 2.35. The van der Waals surface area contributed by atoms with Crippen LogP contribution in [0.25, 0.3) is 11.0 Å². The first-order valence-electron chi connectivity index (χ1n) is 5.34. The molecule has 0 spiro atoms. The predicted molar refractivity (Wildman–Crippen MR) is 68.5 cm³/mol. The molecule has 0 amide bonds. The lowest BCUT2D eigenvalue weighted by Gasteiger charge is -2.07. The van der Waals surface area contributed by atoms with Gasteiger partial charge in [0.2, 0.25) is 0 Å². The van der Waals surface area contributed by atoms with Gasteiger partial charge in [-0.2, -0.15) is 13.2 Å². The van der Waals surface area contributed by atoms with Crippen molar-refractivity contribution in [3.8, 4) is 0 Å². The molecule has 0 bridgehead atoms. The maximum Gasteiger partial charge on any atom is 0.420 e. The van der Waals surface area contributed by atoms with Crippen LogP contribution in [0.5, 0.6) is 0 Å². The number of allylic oxidation sites excluding steroid dienone is 1. The van der Waals surface area contributed by atoms with Crippen molar-refractivity contribution in [2.24, 2.45) is 0 Å². The molecule has 0 aliphatic rings. The van der Waals surface area contributed by atoms with Gasteiger partial charge in [0.1, 0.15) is 24.0 Å². The van der Waals surface area contributed by atoms with Crippen molar-refractivity contribution in [3.05, 3.63) is 46.3 Å². The summed E-state index contributed by atoms with van der Waals surface area (Å²) in [6.45, 7) is 5.40. The SMILES string of the molecule is C=C(C)OCc1cc(Br)c2occ(C(F)(F)F)c2c1. The molecule has 0 saturated heterocycles. The van der Waals surface area contributed by atoms with E-state index in [0.29, 0.717) is 15.8 Å². The Balaban J connectivity index is 2.50. The van der Waals surface area contributed by atoms with Gasteiger partial charge in [-0.05, 0) is 40.5 Å². The summed E-state index contributed by atoms with van der Waals surface area (Å²) in [4.78, 5) is 0. The van der Waals surface area contributed by atoms with E-state index in [-0.39, 0.29) is 17.6 Å². The highest BCUT2D eigenvalue weighted by molar-refractivity contribution is 9.10. The van der Waals surface area contributed by atoms with Crippen LogP contribution in [0.3, 0.4) is 0 Å². The number of hydrogen-bond donors (Lipinski definition) is 0. The van der Waals surface area contributed by atoms with E-state index in [1.165, 1.54) is 6.07 Å². The van der Waals surface area contributed by atoms with E-state index in [9.17, 15) is 13.2 Å². The number of fused-ring (bicyclic) bond motifs is 1. The van der Waals surface area contributed by atoms with E-state index in [1.54, 1.807) is 13.0 Å². The van der Waals surface area contributed by atoms with E-state index in [1.807, 2.05) is 0 Å². The summed E-state index contributed by atoms with van der Waals surface area (Å²) in [6.07, 6.45) is -3.72. The molecule has 0 radical (unpaired) electrons. The van der Waals surface area contributed by atoms with Crippen LogP contribution in [-0.2, 0) is 17.5 Å². The second-order valence-corrected chi connectivity index (χ2v) is 4.95. The van der Waals surface area contributed by atoms with Gasteiger partial charge in [-0.15, -0.1) is 0 Å². The van der Waals surface area contributed by atoms with Gasteiger partial charge < -0.3 is 9.15 Å². The van der Waals surface area contributed by atoms with Crippen molar-refractivity contribution in [3.63, 3.8) is 0 Å². The number of hydrogen-bond acceptors (Lipinski definition) is 2. The molecule has 0 unspecified atom stereocenters. The molecule has 2 aromatic rings. The number of alkyl halides is 3. The lowest BCUT2D eigenvalue weighted by atomic mass is 10.1. The summed E-state index contributed by atoms with van der Waals surface area (Å²) >= 11 is 3.20. The highest BCUT2D eigenvalue weighted by Crippen LogP contribution is 2.39. The molecule has 2 rings (SSSR count). The third-order valence-electron chi connectivity index (χ3n) is 2.48. The number of rotatable bonds is 3. The normalized spacial score (nSPS) is 11.8. The molecule has 1 aromatic heterocycles. The Morgan fingerprint density at radius 3 is 2.68 bits per heavy atom. The third-order valence-corrected chi connectivity index (χ3v) is 3.07. The van der Waals surface area contributed by atoms with Crippen LogP contribution < -0.4 is 0 Å². The lowest BCUT2D eigenvalue weighted by Crippen LogP contribution is -2.03. The van der Waals surface area contributed by atoms with Crippen molar-refractivity contribution in [2.75, 3.05) is 0 Å². The lowest BCUT2D eigenvalue weighted by molar-refractivity contribution is -0.136. The minimum atomic E-state index is -4.45. The molecule has 1 heterocycles. The topological polar surface area (TPSA) is 22.4 Å². The second-order valence-electron chi connectivity index (χ2n) is 4.09. The minimum Gasteiger partial charge on any atom is -0.494 e. The molecule has 0 N–H and O–H groups in total. The highest BCUT2D eigenvalue weighted by atomic mass is 79.9. The van der Waals surface area contributed by atoms with Gasteiger partial charge in [-0.25, -0.2) is 0 Å². The third kappa shape index (κ3) is 2.94. The quantitative estimate of drug-likeness (QED) is 0.714. The first-order chi connectivity index (χ1) is 8.79. The number of ether oxygens (including phenoxy) is 1. The maximum atomic E-state index is 12.8. The van der Waals surface area contributed by atoms with Gasteiger partial charge in [0, 0.05) is 5.39 Å². The van der Waals surface area contributed by atoms with E-state index in [4.69, 9.17) is 9.15 Å². The van der Waals surface area contributed by atoms with Crippen molar-refractivity contribution in [1.82, 2.24) is 0 Å². The zero-order chi connectivity index (χ0) is 14.2. The average Bonchev–Trinajstić information content (AvgIpc) is 2.70. The Labute approximate surface area is 116 Å². The van der Waals surface area contributed by atoms with Crippen molar-refractivity contribution >= 4 is 26.9 Å². The van der Waals surface area contributed by atoms with Gasteiger partial charge in [0.15, 0.2) is 0 Å². The minimum absolute atomic E-state index is 0.0159. The molecule has 0 saturated carbocycles. The van der Waals surface area contributed by atoms with Crippen LogP contribution in [0, 0.1) is 0 Å². The standard InChI is InChI=1S/C13H10BrF3O2/c1-7(2)18-5-8-3-9-10(13(15,16)17)6-19-12(9)11(14)4-8/h3-4,6H,1,5H2,2H3. The van der Waals surface area contributed by atoms with Crippen LogP contribution in [0.1, 0.15) is 18.1 Å². The van der Waals surface area contributed by atoms with Crippen molar-refractivity contribution in [2.45, 2.75) is 19.7 Å². The Morgan fingerprint density at radius 1 is 1.42 bits per heavy atom. The van der Waals surface area contributed by atoms with Crippen LogP contribution in [-0.4, -0.2) is 0 Å². The molecule has 0 fully saturated rings. The molecular formula is C13H10BrF3O2. The first-order valence-corrected chi connectivity index (χ1v) is 6.13. The first kappa shape index (κ1) is 14.0. The molecule has 6 heteroatoms. The molecule has 1 aromatic carbocycles. The molecule has 102 valence electrons. The summed E-state index contributed by atoms with van der Waals surface area (Å²) in [6, 6.07) is 3.07. The van der Waals surface area contributed by atoms with E-state index >= 15 is 0 Å². The van der Waals surface area contributed by atoms with E-state index < -0.39 is 11.7 Å². The molecular weight excluding hydrogens is 325 g/mol. The van der Waals surface area contributed by atoms with Crippen LogP contribution >= 0.6 is 15.9 Å². The molecule has 0 atom stereocenters. The molecule has 2 nitrogen and oxygen atoms in total. The summed E-state index contributed by atoms with van der Waals surface area (Å²) in [7, 11) is 0. The molecule has 0 aliphatic heterocycles. The number of halogens is 4. The Hall–Kier alpha value is -1.43. The Bertz CT molecular complexity index is 629. The Kier molecular flexibility index (Phi) is 3.62. The summed E-state index contributed by atoms with van der Waals surface area (Å²) < 4.78 is 49.1. The van der Waals surface area contributed by atoms with Crippen LogP contribution in [0.4, 0.5) is 13.2 Å². The zero-order valence-electron chi connectivity index (χ0n) is 9.97. The van der Waals surface area contributed by atoms with Crippen molar-refractivity contribution < 1.29 is 22.3 Å². The monoisotopic (exact) mass is 334 g/mol. The molecule has 19 heavy (non-hydrogen) atoms. The molecule has 0 aliphatic carbocycles. The Morgan fingerprint density at radius 2 is 2.11 bits per heavy atom. The fourth-order valence-corrected chi connectivity index (χ4v) is 2.26. The smallest absolute Gasteiger partial charge is 0.420 e. The van der Waals surface area contributed by atoms with Crippen LogP contribution in [0.2, 0.25) is 0 Å². The summed E-state index contributed by atoms with van der Waals surface area (Å²) in [5, 5.41) is 0.0159. The average molecular weight is 335 g/mol. The summed E-state index contributed by atoms with van der Waals surface area (Å²) in [5.41, 5.74) is -0.0129. The largest absolute Gasteiger partial charge is 0.494 e. The summed E-state index contributed by atoms with van der Waals surface area (Å²) in [5.74, 6) is 0.499. The van der Waals surface area contributed by atoms with Gasteiger partial charge >= 0.3 is 6.18 Å². The fraction of sp³-hybridized carbons (Fsp3) is 0.231. The number of benzene rings is 1. The number of furan rings is 1. The van der Waals surface area contributed by atoms with Gasteiger partial charge in [-0.1, -0.05) is 6.58 Å². The van der Waals surface area contributed by atoms with Gasteiger partial charge in [0.05, 0.1) is 10.2 Å². The maximum absolute atomic E-state index is 12.8. The van der Waals surface area contributed by atoms with E-state index in [0.717, 1.165) is 6.26 Å².